The molecule has 0 aromatic rings. The van der Waals surface area contributed by atoms with E-state index in [1.54, 1.807) is 0 Å². The van der Waals surface area contributed by atoms with Crippen molar-refractivity contribution >= 4 is 0 Å². The molecule has 0 radical (unpaired) electrons. The zero-order valence-corrected chi connectivity index (χ0v) is 13.8. The Labute approximate surface area is 121 Å². The van der Waals surface area contributed by atoms with Crippen molar-refractivity contribution < 1.29 is 0 Å². The van der Waals surface area contributed by atoms with Crippen LogP contribution in [0.2, 0.25) is 0 Å². The van der Waals surface area contributed by atoms with Crippen LogP contribution in [0.3, 0.4) is 0 Å². The maximum absolute atomic E-state index is 3.81. The molecule has 0 bridgehead atoms. The Hall–Kier alpha value is -0.0800. The number of nitrogens with one attached hydrogen (secondary N) is 1. The first-order valence-corrected chi connectivity index (χ1v) is 8.69. The molecule has 114 valence electrons. The van der Waals surface area contributed by atoms with Crippen LogP contribution in [0.5, 0.6) is 0 Å². The highest BCUT2D eigenvalue weighted by Crippen LogP contribution is 2.25. The van der Waals surface area contributed by atoms with Crippen LogP contribution in [-0.2, 0) is 0 Å². The summed E-state index contributed by atoms with van der Waals surface area (Å²) in [6, 6.07) is 2.20. The van der Waals surface area contributed by atoms with Crippen LogP contribution < -0.4 is 5.32 Å². The number of hydrogen-bond donors (Lipinski definition) is 1. The van der Waals surface area contributed by atoms with Gasteiger partial charge in [-0.25, -0.2) is 0 Å². The van der Waals surface area contributed by atoms with Gasteiger partial charge in [-0.2, -0.15) is 0 Å². The topological polar surface area (TPSA) is 15.3 Å². The van der Waals surface area contributed by atoms with E-state index in [2.05, 4.69) is 37.9 Å². The minimum atomic E-state index is 0.686. The molecule has 1 aliphatic rings. The lowest BCUT2D eigenvalue weighted by atomic mass is 9.88. The molecule has 1 fully saturated rings. The lowest BCUT2D eigenvalue weighted by Gasteiger charge is -2.42. The molecule has 0 spiro atoms. The van der Waals surface area contributed by atoms with Crippen LogP contribution in [0, 0.1) is 0 Å². The van der Waals surface area contributed by atoms with Crippen LogP contribution in [0.1, 0.15) is 79.1 Å². The van der Waals surface area contributed by atoms with E-state index in [0.29, 0.717) is 6.04 Å². The molecule has 1 rings (SSSR count). The summed E-state index contributed by atoms with van der Waals surface area (Å²) < 4.78 is 0. The first kappa shape index (κ1) is 17.0. The highest BCUT2D eigenvalue weighted by Gasteiger charge is 2.30. The zero-order chi connectivity index (χ0) is 14.1. The number of rotatable bonds is 9. The monoisotopic (exact) mass is 268 g/mol. The lowest BCUT2D eigenvalue weighted by Crippen LogP contribution is -2.54. The third kappa shape index (κ3) is 5.83. The van der Waals surface area contributed by atoms with Gasteiger partial charge in [0.1, 0.15) is 0 Å². The molecule has 2 unspecified atom stereocenters. The van der Waals surface area contributed by atoms with Crippen molar-refractivity contribution in [1.29, 1.82) is 0 Å². The molecule has 19 heavy (non-hydrogen) atoms. The third-order valence-electron chi connectivity index (χ3n) is 4.50. The van der Waals surface area contributed by atoms with E-state index in [1.165, 1.54) is 64.5 Å². The smallest absolute Gasteiger partial charge is 0.0252 e. The summed E-state index contributed by atoms with van der Waals surface area (Å²) >= 11 is 0. The molecule has 1 aliphatic carbocycles. The quantitative estimate of drug-likeness (QED) is 0.631. The normalized spacial score (nSPS) is 24.3. The molecule has 2 heteroatoms. The van der Waals surface area contributed by atoms with Gasteiger partial charge >= 0.3 is 0 Å². The van der Waals surface area contributed by atoms with Gasteiger partial charge in [-0.15, -0.1) is 0 Å². The summed E-state index contributed by atoms with van der Waals surface area (Å²) in [5.74, 6) is 0. The van der Waals surface area contributed by atoms with E-state index in [1.807, 2.05) is 0 Å². The summed E-state index contributed by atoms with van der Waals surface area (Å²) in [5, 5.41) is 3.81. The Morgan fingerprint density at radius 1 is 1.05 bits per heavy atom. The average Bonchev–Trinajstić information content (AvgIpc) is 2.41. The molecular formula is C17H36N2. The van der Waals surface area contributed by atoms with Gasteiger partial charge < -0.3 is 5.32 Å². The maximum atomic E-state index is 3.81. The first-order chi connectivity index (χ1) is 9.20. The highest BCUT2D eigenvalue weighted by atomic mass is 15.2. The highest BCUT2D eigenvalue weighted by molar-refractivity contribution is 4.89. The fourth-order valence-electron chi connectivity index (χ4n) is 3.43. The molecule has 0 amide bonds. The van der Waals surface area contributed by atoms with Gasteiger partial charge in [-0.3, -0.25) is 4.90 Å². The maximum Gasteiger partial charge on any atom is 0.0252 e. The Bertz CT molecular complexity index is 215. The van der Waals surface area contributed by atoms with Crippen molar-refractivity contribution in [2.24, 2.45) is 0 Å². The molecule has 0 aromatic carbocycles. The minimum Gasteiger partial charge on any atom is -0.312 e. The summed E-state index contributed by atoms with van der Waals surface area (Å²) in [6.07, 6.45) is 10.9. The fraction of sp³-hybridized carbons (Fsp3) is 1.00. The van der Waals surface area contributed by atoms with Gasteiger partial charge in [-0.05, 0) is 52.6 Å². The molecule has 1 N–H and O–H groups in total. The van der Waals surface area contributed by atoms with Crippen LogP contribution in [0.15, 0.2) is 0 Å². The fourth-order valence-corrected chi connectivity index (χ4v) is 3.43. The summed E-state index contributed by atoms with van der Waals surface area (Å²) in [4.78, 5) is 2.78. The largest absolute Gasteiger partial charge is 0.312 e. The lowest BCUT2D eigenvalue weighted by molar-refractivity contribution is 0.0898. The molecule has 2 atom stereocenters. The van der Waals surface area contributed by atoms with Gasteiger partial charge in [0.15, 0.2) is 0 Å². The van der Waals surface area contributed by atoms with Gasteiger partial charge in [-0.1, -0.05) is 39.5 Å². The van der Waals surface area contributed by atoms with Crippen LogP contribution >= 0.6 is 0 Å². The predicted molar refractivity (Wildman–Crippen MR) is 85.7 cm³/mol. The zero-order valence-electron chi connectivity index (χ0n) is 13.8. The van der Waals surface area contributed by atoms with Gasteiger partial charge in [0, 0.05) is 18.1 Å². The molecular weight excluding hydrogens is 232 g/mol. The SMILES string of the molecule is CCCCCN(C(C)C)C1CCCCC1NCCC. The van der Waals surface area contributed by atoms with E-state index >= 15 is 0 Å². The van der Waals surface area contributed by atoms with Crippen molar-refractivity contribution in [2.45, 2.75) is 97.2 Å². The third-order valence-corrected chi connectivity index (χ3v) is 4.50. The second-order valence-corrected chi connectivity index (χ2v) is 6.45. The molecule has 1 saturated carbocycles. The summed E-state index contributed by atoms with van der Waals surface area (Å²) in [6.45, 7) is 11.8. The molecule has 2 nitrogen and oxygen atoms in total. The predicted octanol–water partition coefficient (Wildman–Crippen LogP) is 4.20. The minimum absolute atomic E-state index is 0.686. The Balaban J connectivity index is 2.56. The van der Waals surface area contributed by atoms with Crippen LogP contribution in [-0.4, -0.2) is 36.1 Å². The van der Waals surface area contributed by atoms with Crippen molar-refractivity contribution in [1.82, 2.24) is 10.2 Å². The Morgan fingerprint density at radius 2 is 1.79 bits per heavy atom. The standard InChI is InChI=1S/C17H36N2/c1-5-7-10-14-19(15(3)4)17-12-9-8-11-16(17)18-13-6-2/h15-18H,5-14H2,1-4H3. The first-order valence-electron chi connectivity index (χ1n) is 8.69. The van der Waals surface area contributed by atoms with Crippen molar-refractivity contribution in [3.8, 4) is 0 Å². The molecule has 0 heterocycles. The summed E-state index contributed by atoms with van der Waals surface area (Å²) in [5.41, 5.74) is 0. The van der Waals surface area contributed by atoms with E-state index in [0.717, 1.165) is 12.1 Å². The van der Waals surface area contributed by atoms with Crippen molar-refractivity contribution in [2.75, 3.05) is 13.1 Å². The van der Waals surface area contributed by atoms with E-state index in [4.69, 9.17) is 0 Å². The number of unbranched alkanes of at least 4 members (excludes halogenated alkanes) is 2. The second kappa shape index (κ2) is 9.77. The molecule has 0 aliphatic heterocycles. The van der Waals surface area contributed by atoms with E-state index in [9.17, 15) is 0 Å². The molecule has 0 saturated heterocycles. The van der Waals surface area contributed by atoms with Gasteiger partial charge in [0.25, 0.3) is 0 Å². The van der Waals surface area contributed by atoms with Crippen molar-refractivity contribution in [3.63, 3.8) is 0 Å². The average molecular weight is 268 g/mol. The van der Waals surface area contributed by atoms with Crippen LogP contribution in [0.4, 0.5) is 0 Å². The van der Waals surface area contributed by atoms with Gasteiger partial charge in [0.05, 0.1) is 0 Å². The molecule has 0 aromatic heterocycles. The number of hydrogen-bond acceptors (Lipinski definition) is 2. The number of nitrogens with zero attached hydrogens (tertiary/aromatic N) is 1. The van der Waals surface area contributed by atoms with Crippen molar-refractivity contribution in [3.05, 3.63) is 0 Å². The van der Waals surface area contributed by atoms with E-state index in [-0.39, 0.29) is 0 Å². The second-order valence-electron chi connectivity index (χ2n) is 6.45. The Morgan fingerprint density at radius 3 is 2.42 bits per heavy atom. The Kier molecular flexibility index (Phi) is 8.72. The van der Waals surface area contributed by atoms with Gasteiger partial charge in [0.2, 0.25) is 0 Å². The van der Waals surface area contributed by atoms with E-state index < -0.39 is 0 Å². The summed E-state index contributed by atoms with van der Waals surface area (Å²) in [7, 11) is 0. The van der Waals surface area contributed by atoms with Crippen LogP contribution in [0.25, 0.3) is 0 Å².